The summed E-state index contributed by atoms with van der Waals surface area (Å²) >= 11 is 0. The summed E-state index contributed by atoms with van der Waals surface area (Å²) in [7, 11) is 2.62. The van der Waals surface area contributed by atoms with Gasteiger partial charge >= 0.3 is 0 Å². The molecule has 12 rings (SSSR count). The van der Waals surface area contributed by atoms with Crippen LogP contribution in [0.1, 0.15) is 99.4 Å². The maximum atomic E-state index is 15.5. The Hall–Kier alpha value is -5.64. The van der Waals surface area contributed by atoms with Crippen molar-refractivity contribution in [2.75, 3.05) is 69.2 Å². The number of ketones is 2. The smallest absolute Gasteiger partial charge is 0.242 e. The van der Waals surface area contributed by atoms with Crippen molar-refractivity contribution in [3.63, 3.8) is 0 Å². The third-order valence-electron chi connectivity index (χ3n) is 18.4. The highest BCUT2D eigenvalue weighted by atomic mass is 33.1. The van der Waals surface area contributed by atoms with Gasteiger partial charge in [0.05, 0.1) is 63.4 Å². The van der Waals surface area contributed by atoms with Crippen molar-refractivity contribution in [3.8, 4) is 23.3 Å². The molecule has 15 N–H and O–H groups in total. The second-order valence-electron chi connectivity index (χ2n) is 23.7. The van der Waals surface area contributed by atoms with E-state index in [9.17, 15) is 40.2 Å². The molecule has 0 aromatic heterocycles. The third kappa shape index (κ3) is 11.2. The number of hydrogen-bond donors (Lipinski definition) is 13. The van der Waals surface area contributed by atoms with Gasteiger partial charge in [-0.25, -0.2) is 0 Å². The number of anilines is 1. The summed E-state index contributed by atoms with van der Waals surface area (Å²) in [6.45, 7) is -1.39. The Morgan fingerprint density at radius 2 is 1.80 bits per heavy atom. The van der Waals surface area contributed by atoms with Crippen molar-refractivity contribution < 1.29 is 73.5 Å². The highest BCUT2D eigenvalue weighted by molar-refractivity contribution is 8.76. The Labute approximate surface area is 505 Å². The standard InChI is InChI=1S/C61H74N8O15S2/c62-54-43(21-65-35-5-1-2-6-35)37(14-17-64-54)34(23-72)25-82-61-29-86-85-28-33-13-16-60(79,57(61)78)46-27-80-24-32(10-12-45(33)74)47(39-7-3-4-8-44(39)69-30-66-49-55(69)67-59(63)68-56(49)77)42-20-41-48(51(76)40-19-31(22-71)9-11-38(40)50(41)75)53(52(42)84-58(61)83-46)81-26-36(73)15-18-70/h3-4,7-9,11,14,18-20,32-36,45-47,49,55,57-59,64-67,71-74,78-79H,1-2,5-6,10,12,15,17,21-30,62-63H2,(H,68,77). The average Bonchev–Trinajstić information content (AvgIpc) is 0.934. The van der Waals surface area contributed by atoms with Crippen LogP contribution in [0.25, 0.3) is 0 Å². The summed E-state index contributed by atoms with van der Waals surface area (Å²) in [6, 6.07) is 13.0. The molecule has 1 saturated carbocycles. The van der Waals surface area contributed by atoms with Gasteiger partial charge in [0.2, 0.25) is 12.2 Å². The summed E-state index contributed by atoms with van der Waals surface area (Å²) in [6.07, 6.45) is -2.79. The fourth-order valence-electron chi connectivity index (χ4n) is 13.7. The number of nitrogens with two attached hydrogens (primary N) is 2. The van der Waals surface area contributed by atoms with Crippen molar-refractivity contribution >= 4 is 51.0 Å². The van der Waals surface area contributed by atoms with E-state index in [0.717, 1.165) is 31.3 Å². The molecule has 7 heterocycles. The number of benzene rings is 3. The molecule has 25 heteroatoms. The average molecular weight is 1220 g/mol. The number of aldehydes is 1. The van der Waals surface area contributed by atoms with Gasteiger partial charge in [-0.15, -0.1) is 0 Å². The Balaban J connectivity index is 1.09. The number of rotatable bonds is 16. The molecule has 86 heavy (non-hydrogen) atoms. The topological polar surface area (TPSA) is 351 Å². The van der Waals surface area contributed by atoms with Crippen molar-refractivity contribution in [1.82, 2.24) is 26.6 Å². The number of carbonyl (C=O) groups is 4. The Bertz CT molecular complexity index is 3250. The molecular formula is C61H74N8O15S2. The fourth-order valence-corrected chi connectivity index (χ4v) is 16.4. The number of aliphatic hydroxyl groups excluding tert-OH is 5. The largest absolute Gasteiger partial charge is 0.486 e. The molecule has 7 aliphatic heterocycles. The van der Waals surface area contributed by atoms with E-state index in [1.807, 2.05) is 35.2 Å². The van der Waals surface area contributed by atoms with Gasteiger partial charge in [0.25, 0.3) is 0 Å². The van der Waals surface area contributed by atoms with Crippen molar-refractivity contribution in [2.45, 2.75) is 124 Å². The van der Waals surface area contributed by atoms with Gasteiger partial charge in [0.15, 0.2) is 34.3 Å². The Kier molecular flexibility index (Phi) is 17.9. The first-order valence-corrected chi connectivity index (χ1v) is 32.0. The van der Waals surface area contributed by atoms with E-state index in [1.165, 1.54) is 33.7 Å². The minimum atomic E-state index is -2.49. The van der Waals surface area contributed by atoms with Crippen LogP contribution in [0.15, 0.2) is 71.6 Å². The summed E-state index contributed by atoms with van der Waals surface area (Å²) in [5.74, 6) is 1.30. The molecule has 0 spiro atoms. The number of nitrogens with one attached hydrogen (secondary N) is 5. The molecule has 0 radical (unpaired) electrons. The predicted octanol–water partition coefficient (Wildman–Crippen LogP) is 0.0458. The maximum absolute atomic E-state index is 15.5. The Morgan fingerprint density at radius 1 is 0.977 bits per heavy atom. The minimum absolute atomic E-state index is 0.0401. The van der Waals surface area contributed by atoms with Crippen LogP contribution in [0.4, 0.5) is 5.69 Å². The molecule has 1 amide bonds. The number of dihydropyridines is 1. The van der Waals surface area contributed by atoms with Gasteiger partial charge in [0, 0.05) is 82.4 Å². The van der Waals surface area contributed by atoms with Gasteiger partial charge < -0.3 is 85.7 Å². The number of aliphatic hydroxyl groups is 6. The van der Waals surface area contributed by atoms with Gasteiger partial charge in [0.1, 0.15) is 49.4 Å². The van der Waals surface area contributed by atoms with E-state index in [4.69, 9.17) is 35.2 Å². The summed E-state index contributed by atoms with van der Waals surface area (Å²) in [5.41, 5.74) is 11.2. The zero-order valence-corrected chi connectivity index (χ0v) is 48.9. The second kappa shape index (κ2) is 25.5. The second-order valence-corrected chi connectivity index (χ2v) is 26.2. The number of para-hydroxylation sites is 1. The molecule has 23 nitrogen and oxygen atoms in total. The van der Waals surface area contributed by atoms with Crippen molar-refractivity contribution in [3.05, 3.63) is 111 Å². The molecule has 6 bridgehead atoms. The van der Waals surface area contributed by atoms with E-state index < -0.39 is 115 Å². The molecule has 14 atom stereocenters. The lowest BCUT2D eigenvalue weighted by Gasteiger charge is -2.54. The van der Waals surface area contributed by atoms with Crippen LogP contribution in [0.5, 0.6) is 11.5 Å². The molecule has 14 unspecified atom stereocenters. The summed E-state index contributed by atoms with van der Waals surface area (Å²) in [5, 5.41) is 88.6. The lowest BCUT2D eigenvalue weighted by Crippen LogP contribution is -2.75. The van der Waals surface area contributed by atoms with Crippen LogP contribution in [0.2, 0.25) is 0 Å². The first-order chi connectivity index (χ1) is 41.7. The minimum Gasteiger partial charge on any atom is -0.486 e. The number of amides is 1. The number of hydrogen-bond acceptors (Lipinski definition) is 24. The molecule has 4 fully saturated rings. The van der Waals surface area contributed by atoms with Gasteiger partial charge in [-0.3, -0.25) is 30.8 Å². The number of ether oxygens (including phenoxy) is 5. The summed E-state index contributed by atoms with van der Waals surface area (Å²) in [4.78, 5) is 58.4. The van der Waals surface area contributed by atoms with Crippen LogP contribution < -0.4 is 52.4 Å². The lowest BCUT2D eigenvalue weighted by atomic mass is 9.74. The van der Waals surface area contributed by atoms with Crippen LogP contribution in [-0.2, 0) is 30.4 Å². The third-order valence-corrected chi connectivity index (χ3v) is 20.9. The molecular weight excluding hydrogens is 1150 g/mol. The van der Waals surface area contributed by atoms with Crippen molar-refractivity contribution in [1.29, 1.82) is 0 Å². The predicted molar refractivity (Wildman–Crippen MR) is 316 cm³/mol. The van der Waals surface area contributed by atoms with E-state index in [2.05, 4.69) is 38.4 Å². The first-order valence-electron chi connectivity index (χ1n) is 29.5. The van der Waals surface area contributed by atoms with E-state index >= 15 is 9.59 Å². The highest BCUT2D eigenvalue weighted by Gasteiger charge is 2.66. The van der Waals surface area contributed by atoms with E-state index in [-0.39, 0.29) is 109 Å². The highest BCUT2D eigenvalue weighted by Crippen LogP contribution is 2.54. The quantitative estimate of drug-likeness (QED) is 0.0400. The lowest BCUT2D eigenvalue weighted by molar-refractivity contribution is -0.344. The van der Waals surface area contributed by atoms with Crippen LogP contribution in [-0.4, -0.2) is 185 Å². The molecule has 3 saturated heterocycles. The zero-order chi connectivity index (χ0) is 60.0. The number of fused-ring (bicyclic) bond motifs is 11. The maximum Gasteiger partial charge on any atom is 0.242 e. The van der Waals surface area contributed by atoms with Crippen LogP contribution in [0.3, 0.4) is 0 Å². The van der Waals surface area contributed by atoms with Crippen LogP contribution >= 0.6 is 21.6 Å². The first kappa shape index (κ1) is 60.6. The monoisotopic (exact) mass is 1220 g/mol. The normalized spacial score (nSPS) is 32.3. The number of carbonyl (C=O) groups excluding carboxylic acids is 4. The summed E-state index contributed by atoms with van der Waals surface area (Å²) < 4.78 is 35.2. The van der Waals surface area contributed by atoms with Crippen molar-refractivity contribution in [2.24, 2.45) is 29.2 Å². The van der Waals surface area contributed by atoms with E-state index in [1.54, 1.807) is 12.1 Å². The molecule has 2 aliphatic carbocycles. The van der Waals surface area contributed by atoms with Crippen LogP contribution in [0, 0.1) is 29.6 Å². The SMILES string of the molecule is NC1=C(CNC2CCCC2)C(C(CO)COC23CSSCC4C#CC(O)(C5COCC(CCC4O)C(c4ccccc4N4CNC6C(=O)NC(N)NC64)c4cc6c(c(OCC(O)CC=O)c4OC2O5)C(=O)c2cc(CO)ccc2C6=O)C3O)=CCN1. The molecule has 460 valence electrons. The fraction of sp³-hybridized carbons (Fsp3) is 0.541. The number of nitrogens with zero attached hydrogens (tertiary/aromatic N) is 1. The molecule has 3 aromatic carbocycles. The molecule has 9 aliphatic rings. The van der Waals surface area contributed by atoms with Gasteiger partial charge in [-0.1, -0.05) is 76.6 Å². The van der Waals surface area contributed by atoms with E-state index in [0.29, 0.717) is 47.6 Å². The Morgan fingerprint density at radius 3 is 2.60 bits per heavy atom. The molecule has 3 aromatic rings. The van der Waals surface area contributed by atoms with Gasteiger partial charge in [-0.05, 0) is 72.6 Å². The van der Waals surface area contributed by atoms with Gasteiger partial charge in [-0.2, -0.15) is 0 Å². The zero-order valence-electron chi connectivity index (χ0n) is 47.3.